The number of aliphatic imine (C=N–C) groups is 1. The second-order valence-corrected chi connectivity index (χ2v) is 6.68. The van der Waals surface area contributed by atoms with Crippen LogP contribution in [0, 0.1) is 0 Å². The minimum absolute atomic E-state index is 0.668. The molecule has 4 nitrogen and oxygen atoms in total. The number of para-hydroxylation sites is 2. The molecule has 98 valence electrons. The van der Waals surface area contributed by atoms with Crippen LogP contribution in [-0.2, 0) is 6.42 Å². The van der Waals surface area contributed by atoms with Crippen molar-refractivity contribution in [2.75, 3.05) is 0 Å². The van der Waals surface area contributed by atoms with Crippen LogP contribution >= 0.6 is 0 Å². The van der Waals surface area contributed by atoms with Crippen LogP contribution in [0.1, 0.15) is 5.69 Å². The topological polar surface area (TPSA) is 47.4 Å². The van der Waals surface area contributed by atoms with Crippen molar-refractivity contribution in [1.82, 2.24) is 9.97 Å². The average Bonchev–Trinajstić information content (AvgIpc) is 2.41. The summed E-state index contributed by atoms with van der Waals surface area (Å²) in [7, 11) is -1.11. The molecule has 0 atom stereocenters. The minimum Gasteiger partial charge on any atom is -0.546 e. The van der Waals surface area contributed by atoms with E-state index in [1.807, 2.05) is 30.5 Å². The zero-order chi connectivity index (χ0) is 13.5. The molecule has 0 aliphatic carbocycles. The largest absolute Gasteiger partial charge is 0.546 e. The van der Waals surface area contributed by atoms with E-state index in [0.717, 1.165) is 17.1 Å². The first-order valence-corrected chi connectivity index (χ1v) is 9.07. The Balaban J connectivity index is 2.06. The molecule has 19 heavy (non-hydrogen) atoms. The van der Waals surface area contributed by atoms with Crippen molar-refractivity contribution in [2.45, 2.75) is 19.5 Å². The molecule has 0 fully saturated rings. The summed E-state index contributed by atoms with van der Waals surface area (Å²) in [5, 5.41) is 0. The lowest BCUT2D eigenvalue weighted by Gasteiger charge is -2.11. The van der Waals surface area contributed by atoms with Gasteiger partial charge >= 0.3 is 0 Å². The van der Waals surface area contributed by atoms with Gasteiger partial charge in [-0.1, -0.05) is 12.1 Å². The van der Waals surface area contributed by atoms with Gasteiger partial charge in [0, 0.05) is 31.2 Å². The standard InChI is InChI=1S/C14H17N3OSi/c1-19(2)18-14-6-4-3-5-13(14)17-8-7-12-11-15-9-10-16-12/h3-6,8-11,19H,7H2,1-2H3. The molecule has 0 bridgehead atoms. The molecule has 2 rings (SSSR count). The smallest absolute Gasteiger partial charge is 0.229 e. The average molecular weight is 271 g/mol. The van der Waals surface area contributed by atoms with Gasteiger partial charge in [-0.15, -0.1) is 0 Å². The molecule has 0 spiro atoms. The van der Waals surface area contributed by atoms with E-state index >= 15 is 0 Å². The first-order valence-electron chi connectivity index (χ1n) is 6.29. The van der Waals surface area contributed by atoms with Gasteiger partial charge in [0.25, 0.3) is 0 Å². The van der Waals surface area contributed by atoms with Crippen LogP contribution in [0.3, 0.4) is 0 Å². The van der Waals surface area contributed by atoms with Gasteiger partial charge in [0.15, 0.2) is 0 Å². The van der Waals surface area contributed by atoms with Gasteiger partial charge in [0.05, 0.1) is 5.69 Å². The maximum Gasteiger partial charge on any atom is 0.229 e. The first-order chi connectivity index (χ1) is 9.25. The van der Waals surface area contributed by atoms with E-state index in [4.69, 9.17) is 4.43 Å². The Morgan fingerprint density at radius 3 is 2.84 bits per heavy atom. The maximum absolute atomic E-state index is 5.85. The molecule has 5 heteroatoms. The van der Waals surface area contributed by atoms with Gasteiger partial charge < -0.3 is 4.43 Å². The summed E-state index contributed by atoms with van der Waals surface area (Å²) < 4.78 is 5.85. The van der Waals surface area contributed by atoms with E-state index in [9.17, 15) is 0 Å². The highest BCUT2D eigenvalue weighted by atomic mass is 28.3. The van der Waals surface area contributed by atoms with Crippen molar-refractivity contribution in [2.24, 2.45) is 4.99 Å². The molecule has 0 radical (unpaired) electrons. The molecular formula is C14H17N3OSi. The summed E-state index contributed by atoms with van der Waals surface area (Å²) in [5.74, 6) is 0.861. The summed E-state index contributed by atoms with van der Waals surface area (Å²) in [6.45, 7) is 4.28. The van der Waals surface area contributed by atoms with Gasteiger partial charge in [-0.2, -0.15) is 0 Å². The van der Waals surface area contributed by atoms with Crippen molar-refractivity contribution < 1.29 is 4.43 Å². The van der Waals surface area contributed by atoms with Gasteiger partial charge in [-0.05, 0) is 25.2 Å². The molecule has 0 saturated heterocycles. The molecule has 2 aromatic rings. The summed E-state index contributed by atoms with van der Waals surface area (Å²) in [6.07, 6.45) is 7.60. The second-order valence-electron chi connectivity index (χ2n) is 4.35. The first kappa shape index (κ1) is 13.4. The second kappa shape index (κ2) is 6.80. The van der Waals surface area contributed by atoms with Gasteiger partial charge in [0.1, 0.15) is 11.4 Å². The van der Waals surface area contributed by atoms with Gasteiger partial charge in [0.2, 0.25) is 9.04 Å². The zero-order valence-corrected chi connectivity index (χ0v) is 12.3. The predicted molar refractivity (Wildman–Crippen MR) is 79.8 cm³/mol. The van der Waals surface area contributed by atoms with Crippen LogP contribution in [0.5, 0.6) is 5.75 Å². The lowest BCUT2D eigenvalue weighted by atomic mass is 10.3. The molecule has 1 aromatic heterocycles. The highest BCUT2D eigenvalue weighted by molar-refractivity contribution is 6.49. The third-order valence-electron chi connectivity index (χ3n) is 2.38. The van der Waals surface area contributed by atoms with E-state index in [-0.39, 0.29) is 0 Å². The molecule has 0 aliphatic heterocycles. The van der Waals surface area contributed by atoms with Crippen molar-refractivity contribution >= 4 is 20.9 Å². The minimum atomic E-state index is -1.11. The normalized spacial score (nSPS) is 11.1. The highest BCUT2D eigenvalue weighted by Gasteiger charge is 2.03. The van der Waals surface area contributed by atoms with Crippen molar-refractivity contribution in [3.8, 4) is 5.75 Å². The molecule has 0 unspecified atom stereocenters. The maximum atomic E-state index is 5.85. The zero-order valence-electron chi connectivity index (χ0n) is 11.2. The number of aromatic nitrogens is 2. The summed E-state index contributed by atoms with van der Waals surface area (Å²) >= 11 is 0. The Bertz CT molecular complexity index is 543. The number of nitrogens with zero attached hydrogens (tertiary/aromatic N) is 3. The fourth-order valence-corrected chi connectivity index (χ4v) is 2.30. The molecule has 0 aliphatic rings. The monoisotopic (exact) mass is 271 g/mol. The Morgan fingerprint density at radius 1 is 1.26 bits per heavy atom. The van der Waals surface area contributed by atoms with E-state index < -0.39 is 9.04 Å². The van der Waals surface area contributed by atoms with Crippen LogP contribution in [0.2, 0.25) is 13.1 Å². The summed E-state index contributed by atoms with van der Waals surface area (Å²) in [4.78, 5) is 12.7. The van der Waals surface area contributed by atoms with Crippen LogP contribution in [0.4, 0.5) is 5.69 Å². The van der Waals surface area contributed by atoms with Crippen LogP contribution in [0.15, 0.2) is 47.8 Å². The van der Waals surface area contributed by atoms with Crippen molar-refractivity contribution in [3.05, 3.63) is 48.5 Å². The third kappa shape index (κ3) is 4.29. The molecule has 0 amide bonds. The number of rotatable bonds is 5. The van der Waals surface area contributed by atoms with E-state index in [0.29, 0.717) is 6.42 Å². The molecule has 1 heterocycles. The van der Waals surface area contributed by atoms with Crippen LogP contribution in [0.25, 0.3) is 0 Å². The number of hydrogen-bond acceptors (Lipinski definition) is 4. The predicted octanol–water partition coefficient (Wildman–Crippen LogP) is 2.78. The third-order valence-corrected chi connectivity index (χ3v) is 3.10. The lowest BCUT2D eigenvalue weighted by molar-refractivity contribution is 0.582. The fraction of sp³-hybridized carbons (Fsp3) is 0.214. The fourth-order valence-electron chi connectivity index (χ4n) is 1.59. The lowest BCUT2D eigenvalue weighted by Crippen LogP contribution is -2.11. The Hall–Kier alpha value is -2.01. The van der Waals surface area contributed by atoms with Crippen LogP contribution < -0.4 is 4.43 Å². The van der Waals surface area contributed by atoms with E-state index in [1.54, 1.807) is 18.6 Å². The van der Waals surface area contributed by atoms with E-state index in [1.165, 1.54) is 0 Å². The molecule has 0 saturated carbocycles. The summed E-state index contributed by atoms with van der Waals surface area (Å²) in [5.41, 5.74) is 1.77. The summed E-state index contributed by atoms with van der Waals surface area (Å²) in [6, 6.07) is 7.85. The highest BCUT2D eigenvalue weighted by Crippen LogP contribution is 2.26. The van der Waals surface area contributed by atoms with Crippen LogP contribution in [-0.4, -0.2) is 25.2 Å². The molecule has 1 aromatic carbocycles. The Kier molecular flexibility index (Phi) is 4.80. The molecule has 0 N–H and O–H groups in total. The van der Waals surface area contributed by atoms with Gasteiger partial charge in [-0.25, -0.2) is 0 Å². The van der Waals surface area contributed by atoms with E-state index in [2.05, 4.69) is 28.1 Å². The quantitative estimate of drug-likeness (QED) is 0.620. The Labute approximate surface area is 114 Å². The van der Waals surface area contributed by atoms with Crippen molar-refractivity contribution in [1.29, 1.82) is 0 Å². The van der Waals surface area contributed by atoms with Crippen molar-refractivity contribution in [3.63, 3.8) is 0 Å². The number of benzene rings is 1. The molecular weight excluding hydrogens is 254 g/mol. The number of hydrogen-bond donors (Lipinski definition) is 0. The Morgan fingerprint density at radius 2 is 2.11 bits per heavy atom. The van der Waals surface area contributed by atoms with Gasteiger partial charge in [-0.3, -0.25) is 15.0 Å². The SMILES string of the molecule is C[SiH](C)Oc1ccccc1N=CCc1cnccn1.